The number of fused-ring (bicyclic) bond motifs is 8. The van der Waals surface area contributed by atoms with Crippen molar-refractivity contribution in [2.45, 2.75) is 84.5 Å². The van der Waals surface area contributed by atoms with E-state index in [4.69, 9.17) is 0 Å². The zero-order valence-corrected chi connectivity index (χ0v) is 32.2. The van der Waals surface area contributed by atoms with Gasteiger partial charge in [-0.2, -0.15) is 12.0 Å². The number of hydrogen-bond acceptors (Lipinski definition) is 0. The van der Waals surface area contributed by atoms with Crippen LogP contribution in [0.25, 0.3) is 0 Å². The molecule has 10 unspecified atom stereocenters. The maximum Gasteiger partial charge on any atom is -0.109 e. The van der Waals surface area contributed by atoms with Crippen LogP contribution < -0.4 is 24.8 Å². The van der Waals surface area contributed by atoms with Crippen molar-refractivity contribution in [2.75, 3.05) is 0 Å². The van der Waals surface area contributed by atoms with E-state index in [1.54, 1.807) is 24.2 Å². The Kier molecular flexibility index (Phi) is 15.6. The molecule has 8 aliphatic rings. The van der Waals surface area contributed by atoms with Crippen molar-refractivity contribution in [2.24, 2.45) is 71.0 Å². The summed E-state index contributed by atoms with van der Waals surface area (Å²) < 4.78 is 1.92. The molecule has 248 valence electrons. The fourth-order valence-corrected chi connectivity index (χ4v) is 11.3. The third kappa shape index (κ3) is 8.88. The van der Waals surface area contributed by atoms with Crippen molar-refractivity contribution in [3.63, 3.8) is 0 Å². The van der Waals surface area contributed by atoms with Gasteiger partial charge in [-0.05, 0) is 29.6 Å². The van der Waals surface area contributed by atoms with E-state index in [9.17, 15) is 0 Å². The zero-order valence-electron chi connectivity index (χ0n) is 28.2. The minimum Gasteiger partial charge on any atom is -1.00 e. The van der Waals surface area contributed by atoms with Gasteiger partial charge in [0.05, 0.1) is 0 Å². The van der Waals surface area contributed by atoms with E-state index >= 15 is 0 Å². The molecule has 0 amide bonds. The van der Waals surface area contributed by atoms with Gasteiger partial charge in [-0.1, -0.05) is 72.8 Å². The van der Waals surface area contributed by atoms with Crippen molar-refractivity contribution in [3.8, 4) is 0 Å². The van der Waals surface area contributed by atoms with Gasteiger partial charge in [0.2, 0.25) is 0 Å². The summed E-state index contributed by atoms with van der Waals surface area (Å²) in [5, 5.41) is 0. The van der Waals surface area contributed by atoms with Crippen molar-refractivity contribution in [1.29, 1.82) is 0 Å². The summed E-state index contributed by atoms with van der Waals surface area (Å²) in [4.78, 5) is 0. The minimum absolute atomic E-state index is 0. The Morgan fingerprint density at radius 2 is 1.09 bits per heavy atom. The second kappa shape index (κ2) is 18.9. The van der Waals surface area contributed by atoms with Gasteiger partial charge in [-0.15, -0.1) is 18.4 Å². The summed E-state index contributed by atoms with van der Waals surface area (Å²) >= 11 is 1.74. The molecule has 0 bridgehead atoms. The first-order valence-corrected chi connectivity index (χ1v) is 19.6. The fourth-order valence-electron chi connectivity index (χ4n) is 10.1. The summed E-state index contributed by atoms with van der Waals surface area (Å²) in [6.45, 7) is 5.08. The number of allylic oxidation sites excluding steroid dienone is 16. The van der Waals surface area contributed by atoms with Gasteiger partial charge in [0.1, 0.15) is 0 Å². The van der Waals surface area contributed by atoms with E-state index in [-0.39, 0.29) is 24.8 Å². The van der Waals surface area contributed by atoms with Gasteiger partial charge in [0.15, 0.2) is 0 Å². The molecule has 0 aromatic carbocycles. The quantitative estimate of drug-likeness (QED) is 0.358. The van der Waals surface area contributed by atoms with Crippen molar-refractivity contribution < 1.29 is 49.0 Å². The number of hydrogen-bond donors (Lipinski definition) is 0. The maximum absolute atomic E-state index is 2.99. The normalized spacial score (nSPS) is 35.9. The number of rotatable bonds is 4. The molecule has 0 heterocycles. The molecule has 0 aliphatic heterocycles. The molecule has 10 atom stereocenters. The Morgan fingerprint density at radius 3 is 1.59 bits per heavy atom. The van der Waals surface area contributed by atoms with Crippen LogP contribution in [0, 0.1) is 83.5 Å². The molecule has 0 aromatic rings. The molecule has 8 rings (SSSR count). The van der Waals surface area contributed by atoms with Crippen LogP contribution in [0.1, 0.15) is 84.5 Å². The van der Waals surface area contributed by atoms with Crippen LogP contribution in [0.15, 0.2) is 91.1 Å². The SMILES string of the molecule is C1=CC2[CH-]C3C4C=CC=CC4C4C=CC=CC4C3C2C=C1.CC([C](=[Zr+2])C(C)C1CCCCC1)C1CCCCC1.[C-]1=CC=CC1.[Cl-].[Cl-]. The third-order valence-electron chi connectivity index (χ3n) is 12.6. The minimum atomic E-state index is 0. The van der Waals surface area contributed by atoms with Crippen molar-refractivity contribution in [1.82, 2.24) is 0 Å². The second-order valence-electron chi connectivity index (χ2n) is 15.0. The van der Waals surface area contributed by atoms with Crippen LogP contribution in [-0.4, -0.2) is 3.21 Å². The van der Waals surface area contributed by atoms with Gasteiger partial charge < -0.3 is 31.2 Å². The van der Waals surface area contributed by atoms with Crippen LogP contribution in [-0.2, 0) is 24.2 Å². The molecule has 0 radical (unpaired) electrons. The fraction of sp³-hybridized carbons (Fsp3) is 0.581. The van der Waals surface area contributed by atoms with Crippen LogP contribution in [0.3, 0.4) is 0 Å². The summed E-state index contributed by atoms with van der Waals surface area (Å²) in [5.41, 5.74) is 0. The predicted octanol–water partition coefficient (Wildman–Crippen LogP) is 4.98. The van der Waals surface area contributed by atoms with E-state index in [0.717, 1.165) is 41.9 Å². The molecule has 0 saturated heterocycles. The average Bonchev–Trinajstić information content (AvgIpc) is 3.81. The molecule has 0 spiro atoms. The van der Waals surface area contributed by atoms with Crippen LogP contribution in [0.2, 0.25) is 0 Å². The van der Waals surface area contributed by atoms with Gasteiger partial charge in [-0.3, -0.25) is 6.08 Å². The second-order valence-corrected chi connectivity index (χ2v) is 16.4. The van der Waals surface area contributed by atoms with Gasteiger partial charge >= 0.3 is 129 Å². The first-order valence-electron chi connectivity index (χ1n) is 18.3. The molecule has 4 fully saturated rings. The average molecular weight is 735 g/mol. The van der Waals surface area contributed by atoms with Crippen LogP contribution >= 0.6 is 0 Å². The Hall–Kier alpha value is -0.747. The first-order chi connectivity index (χ1) is 21.6. The van der Waals surface area contributed by atoms with Crippen molar-refractivity contribution in [3.05, 3.63) is 104 Å². The summed E-state index contributed by atoms with van der Waals surface area (Å²) in [6, 6.07) is 0. The van der Waals surface area contributed by atoms with Crippen LogP contribution in [0.4, 0.5) is 0 Å². The largest absolute Gasteiger partial charge is 1.00 e. The van der Waals surface area contributed by atoms with E-state index in [1.165, 1.54) is 64.2 Å². The molecular formula is C43H56Cl2Zr-2. The molecule has 8 aliphatic carbocycles. The Bertz CT molecular complexity index is 1170. The Morgan fingerprint density at radius 1 is 0.609 bits per heavy atom. The van der Waals surface area contributed by atoms with E-state index in [2.05, 4.69) is 105 Å². The topological polar surface area (TPSA) is 0 Å². The monoisotopic (exact) mass is 732 g/mol. The Balaban J connectivity index is 0.000000176. The standard InChI is InChI=1S/C21H21.C17H30.C5H5.2ClH.Zr/c1-2-8-15-14(7-1)13-20-18-11-4-3-9-16(18)17-10-5-6-12-19(17)21(15)20;1-14(16-9-5-3-6-10-16)13-15(2)17-11-7-4-8-12-17;1-2-4-5-3-1;;;/h1-21H;14-17H,3-12H2,1-2H3;1-3H,4H2;2*1H;/q-1;;-1;;;+2/p-2. The van der Waals surface area contributed by atoms with Gasteiger partial charge in [-0.25, -0.2) is 12.2 Å². The first kappa shape index (κ1) is 38.1. The number of halogens is 2. The van der Waals surface area contributed by atoms with Gasteiger partial charge in [0.25, 0.3) is 0 Å². The molecular weight excluding hydrogens is 679 g/mol. The third-order valence-corrected chi connectivity index (χ3v) is 14.9. The molecule has 0 aromatic heterocycles. The summed E-state index contributed by atoms with van der Waals surface area (Å²) in [5.74, 6) is 9.55. The molecule has 46 heavy (non-hydrogen) atoms. The van der Waals surface area contributed by atoms with E-state index < -0.39 is 0 Å². The summed E-state index contributed by atoms with van der Waals surface area (Å²) in [7, 11) is 0. The molecule has 4 saturated carbocycles. The smallest absolute Gasteiger partial charge is 0.109 e. The molecule has 0 N–H and O–H groups in total. The maximum atomic E-state index is 2.99. The molecule has 3 heteroatoms. The van der Waals surface area contributed by atoms with Gasteiger partial charge in [0, 0.05) is 0 Å². The summed E-state index contributed by atoms with van der Waals surface area (Å²) in [6.07, 6.45) is 56.0. The van der Waals surface area contributed by atoms with Crippen molar-refractivity contribution >= 4 is 3.21 Å². The van der Waals surface area contributed by atoms with Crippen LogP contribution in [0.5, 0.6) is 0 Å². The van der Waals surface area contributed by atoms with E-state index in [1.807, 2.05) is 15.4 Å². The Labute approximate surface area is 309 Å². The van der Waals surface area contributed by atoms with E-state index in [0.29, 0.717) is 35.5 Å². The molecule has 0 nitrogen and oxygen atoms in total. The predicted molar refractivity (Wildman–Crippen MR) is 185 cm³/mol. The zero-order chi connectivity index (χ0) is 30.3.